The molecular weight excluding hydrogens is 380 g/mol. The Bertz CT molecular complexity index is 810. The van der Waals surface area contributed by atoms with Gasteiger partial charge in [-0.25, -0.2) is 4.79 Å². The number of benzene rings is 1. The summed E-state index contributed by atoms with van der Waals surface area (Å²) in [5, 5.41) is -0.439. The van der Waals surface area contributed by atoms with Gasteiger partial charge >= 0.3 is 5.97 Å². The lowest BCUT2D eigenvalue weighted by atomic mass is 10.1. The van der Waals surface area contributed by atoms with E-state index in [0.717, 1.165) is 42.3 Å². The lowest BCUT2D eigenvalue weighted by Crippen LogP contribution is -2.42. The number of hydrogen-bond acceptors (Lipinski definition) is 6. The van der Waals surface area contributed by atoms with E-state index in [1.165, 1.54) is 7.11 Å². The number of carbonyl (C=O) groups excluding carboxylic acids is 4. The minimum Gasteiger partial charge on any atom is -0.465 e. The van der Waals surface area contributed by atoms with Gasteiger partial charge in [0.1, 0.15) is 6.54 Å². The first kappa shape index (κ1) is 20.1. The maximum atomic E-state index is 12.6. The minimum atomic E-state index is -0.463. The molecule has 148 valence electrons. The molecule has 1 aromatic carbocycles. The number of amides is 3. The highest BCUT2D eigenvalue weighted by Gasteiger charge is 2.37. The Morgan fingerprint density at radius 1 is 1.07 bits per heavy atom. The molecule has 0 atom stereocenters. The molecule has 1 aromatic rings. The molecule has 2 aliphatic heterocycles. The van der Waals surface area contributed by atoms with Crippen molar-refractivity contribution in [3.63, 3.8) is 0 Å². The van der Waals surface area contributed by atoms with Crippen molar-refractivity contribution < 1.29 is 23.9 Å². The summed E-state index contributed by atoms with van der Waals surface area (Å²) in [6.07, 6.45) is 5.69. The fraction of sp³-hybridized carbons (Fsp3) is 0.400. The Balaban J connectivity index is 1.68. The van der Waals surface area contributed by atoms with E-state index < -0.39 is 17.1 Å². The minimum absolute atomic E-state index is 0.187. The number of imide groups is 1. The van der Waals surface area contributed by atoms with Crippen molar-refractivity contribution in [2.24, 2.45) is 0 Å². The van der Waals surface area contributed by atoms with Gasteiger partial charge in [0.15, 0.2) is 0 Å². The highest BCUT2D eigenvalue weighted by Crippen LogP contribution is 2.32. The van der Waals surface area contributed by atoms with Gasteiger partial charge in [-0.2, -0.15) is 0 Å². The van der Waals surface area contributed by atoms with E-state index in [2.05, 4.69) is 4.74 Å². The van der Waals surface area contributed by atoms with Crippen LogP contribution in [0.4, 0.5) is 4.79 Å². The maximum absolute atomic E-state index is 12.6. The van der Waals surface area contributed by atoms with Crippen LogP contribution >= 0.6 is 11.8 Å². The summed E-state index contributed by atoms with van der Waals surface area (Å²) in [6, 6.07) is 6.51. The summed E-state index contributed by atoms with van der Waals surface area (Å²) < 4.78 is 4.65. The van der Waals surface area contributed by atoms with E-state index >= 15 is 0 Å². The first-order chi connectivity index (χ1) is 13.5. The number of esters is 1. The predicted octanol–water partition coefficient (Wildman–Crippen LogP) is 2.91. The number of likely N-dealkylation sites (tertiary alicyclic amines) is 1. The highest BCUT2D eigenvalue weighted by atomic mass is 32.2. The molecule has 3 amide bonds. The third-order valence-electron chi connectivity index (χ3n) is 4.76. The van der Waals surface area contributed by atoms with Gasteiger partial charge in [0.05, 0.1) is 17.6 Å². The first-order valence-corrected chi connectivity index (χ1v) is 10.0. The monoisotopic (exact) mass is 402 g/mol. The van der Waals surface area contributed by atoms with E-state index in [-0.39, 0.29) is 17.4 Å². The smallest absolute Gasteiger partial charge is 0.337 e. The molecular formula is C20H22N2O5S. The van der Waals surface area contributed by atoms with Crippen LogP contribution in [-0.4, -0.2) is 59.6 Å². The van der Waals surface area contributed by atoms with Crippen molar-refractivity contribution in [1.29, 1.82) is 0 Å². The van der Waals surface area contributed by atoms with Crippen LogP contribution < -0.4 is 0 Å². The van der Waals surface area contributed by atoms with E-state index in [1.807, 2.05) is 0 Å². The Labute approximate surface area is 167 Å². The van der Waals surface area contributed by atoms with Gasteiger partial charge in [-0.3, -0.25) is 19.3 Å². The van der Waals surface area contributed by atoms with Crippen LogP contribution in [0.15, 0.2) is 29.2 Å². The summed E-state index contributed by atoms with van der Waals surface area (Å²) in [7, 11) is 1.30. The van der Waals surface area contributed by atoms with Crippen LogP contribution in [0.1, 0.15) is 41.6 Å². The lowest BCUT2D eigenvalue weighted by Gasteiger charge is -2.22. The second-order valence-electron chi connectivity index (χ2n) is 6.68. The van der Waals surface area contributed by atoms with E-state index in [4.69, 9.17) is 0 Å². The second-order valence-corrected chi connectivity index (χ2v) is 7.67. The molecule has 0 unspecified atom stereocenters. The third kappa shape index (κ3) is 4.62. The van der Waals surface area contributed by atoms with Crippen LogP contribution in [-0.2, 0) is 14.3 Å². The van der Waals surface area contributed by atoms with E-state index in [0.29, 0.717) is 24.2 Å². The van der Waals surface area contributed by atoms with Crippen LogP contribution in [0, 0.1) is 0 Å². The van der Waals surface area contributed by atoms with Crippen molar-refractivity contribution >= 4 is 40.9 Å². The number of methoxy groups -OCH3 is 1. The fourth-order valence-electron chi connectivity index (χ4n) is 3.18. The van der Waals surface area contributed by atoms with Crippen molar-refractivity contribution in [2.45, 2.75) is 25.7 Å². The summed E-state index contributed by atoms with van der Waals surface area (Å²) in [6.45, 7) is 1.14. The third-order valence-corrected chi connectivity index (χ3v) is 5.66. The first-order valence-electron chi connectivity index (χ1n) is 9.21. The molecule has 0 spiro atoms. The standard InChI is InChI=1S/C20H22N2O5S/c1-27-19(25)15-8-6-14(7-9-15)12-16-18(24)22(20(26)28-16)13-17(23)21-10-4-2-3-5-11-21/h6-9,12H,2-5,10-11,13H2,1H3. The van der Waals surface area contributed by atoms with Gasteiger partial charge in [-0.05, 0) is 48.4 Å². The van der Waals surface area contributed by atoms with Gasteiger partial charge in [-0.1, -0.05) is 25.0 Å². The number of rotatable bonds is 4. The molecule has 2 fully saturated rings. The van der Waals surface area contributed by atoms with Crippen LogP contribution in [0.5, 0.6) is 0 Å². The van der Waals surface area contributed by atoms with Crippen molar-refractivity contribution in [3.8, 4) is 0 Å². The van der Waals surface area contributed by atoms with Crippen LogP contribution in [0.2, 0.25) is 0 Å². The second kappa shape index (κ2) is 9.05. The maximum Gasteiger partial charge on any atom is 0.337 e. The molecule has 2 aliphatic rings. The fourth-order valence-corrected chi connectivity index (χ4v) is 4.01. The van der Waals surface area contributed by atoms with Crippen molar-refractivity contribution in [2.75, 3.05) is 26.7 Å². The number of thioether (sulfide) groups is 1. The van der Waals surface area contributed by atoms with Gasteiger partial charge in [0.2, 0.25) is 5.91 Å². The summed E-state index contributed by atoms with van der Waals surface area (Å²) >= 11 is 0.821. The Hall–Kier alpha value is -2.61. The zero-order valence-corrected chi connectivity index (χ0v) is 16.5. The summed E-state index contributed by atoms with van der Waals surface area (Å²) in [5.41, 5.74) is 1.08. The van der Waals surface area contributed by atoms with Crippen molar-refractivity contribution in [3.05, 3.63) is 40.3 Å². The van der Waals surface area contributed by atoms with Gasteiger partial charge in [0.25, 0.3) is 11.1 Å². The molecule has 2 saturated heterocycles. The Morgan fingerprint density at radius 2 is 1.71 bits per heavy atom. The molecule has 0 aliphatic carbocycles. The van der Waals surface area contributed by atoms with Gasteiger partial charge in [-0.15, -0.1) is 0 Å². The number of nitrogens with zero attached hydrogens (tertiary/aromatic N) is 2. The molecule has 28 heavy (non-hydrogen) atoms. The highest BCUT2D eigenvalue weighted by molar-refractivity contribution is 8.18. The van der Waals surface area contributed by atoms with Gasteiger partial charge < -0.3 is 9.64 Å². The molecule has 0 bridgehead atoms. The Kier molecular flexibility index (Phi) is 6.51. The molecule has 0 aromatic heterocycles. The largest absolute Gasteiger partial charge is 0.465 e. The quantitative estimate of drug-likeness (QED) is 0.569. The lowest BCUT2D eigenvalue weighted by molar-refractivity contribution is -0.135. The summed E-state index contributed by atoms with van der Waals surface area (Å²) in [5.74, 6) is -1.10. The van der Waals surface area contributed by atoms with Gasteiger partial charge in [0, 0.05) is 13.1 Å². The molecule has 8 heteroatoms. The molecule has 2 heterocycles. The molecule has 0 N–H and O–H groups in total. The van der Waals surface area contributed by atoms with E-state index in [1.54, 1.807) is 35.2 Å². The number of ether oxygens (including phenoxy) is 1. The normalized spacial score (nSPS) is 19.1. The topological polar surface area (TPSA) is 84.0 Å². The molecule has 0 radical (unpaired) electrons. The zero-order valence-electron chi connectivity index (χ0n) is 15.7. The van der Waals surface area contributed by atoms with E-state index in [9.17, 15) is 19.2 Å². The number of hydrogen-bond donors (Lipinski definition) is 0. The molecule has 0 saturated carbocycles. The average Bonchev–Trinajstić information content (AvgIpc) is 2.91. The van der Waals surface area contributed by atoms with Crippen LogP contribution in [0.3, 0.4) is 0 Å². The zero-order chi connectivity index (χ0) is 20.1. The SMILES string of the molecule is COC(=O)c1ccc(C=C2SC(=O)N(CC(=O)N3CCCCCC3)C2=O)cc1. The van der Waals surface area contributed by atoms with Crippen LogP contribution in [0.25, 0.3) is 6.08 Å². The summed E-state index contributed by atoms with van der Waals surface area (Å²) in [4.78, 5) is 51.8. The average molecular weight is 402 g/mol. The number of carbonyl (C=O) groups is 4. The molecule has 7 nitrogen and oxygen atoms in total. The van der Waals surface area contributed by atoms with Crippen molar-refractivity contribution in [1.82, 2.24) is 9.80 Å². The Morgan fingerprint density at radius 3 is 2.32 bits per heavy atom. The predicted molar refractivity (Wildman–Crippen MR) is 106 cm³/mol. The molecule has 3 rings (SSSR count).